The molecule has 129 heavy (non-hydrogen) atoms. The van der Waals surface area contributed by atoms with Gasteiger partial charge in [0.2, 0.25) is 17.8 Å². The maximum Gasteiger partial charge on any atom is 0.530 e. The van der Waals surface area contributed by atoms with Crippen LogP contribution in [0.3, 0.4) is 0 Å². The number of hydrogen-bond donors (Lipinski definition) is 8. The van der Waals surface area contributed by atoms with Crippen LogP contribution in [0.25, 0.3) is 33.5 Å². The largest absolute Gasteiger partial charge is 0.530 e. The van der Waals surface area contributed by atoms with Crippen LogP contribution in [0.15, 0.2) is 149 Å². The van der Waals surface area contributed by atoms with Gasteiger partial charge in [-0.15, -0.1) is 0 Å². The van der Waals surface area contributed by atoms with Crippen molar-refractivity contribution in [2.75, 3.05) is 56.8 Å². The normalized spacial score (nSPS) is 26.3. The van der Waals surface area contributed by atoms with Gasteiger partial charge in [-0.1, -0.05) is 79.5 Å². The summed E-state index contributed by atoms with van der Waals surface area (Å²) in [4.78, 5) is 79.0. The summed E-state index contributed by atoms with van der Waals surface area (Å²) in [6, 6.07) is 12.9. The molecule has 694 valence electrons. The number of anilines is 3. The molecule has 6 aromatic heterocycles. The van der Waals surface area contributed by atoms with E-state index in [9.17, 15) is 74.7 Å². The van der Waals surface area contributed by atoms with E-state index in [0.717, 1.165) is 35.9 Å². The summed E-state index contributed by atoms with van der Waals surface area (Å²) in [5, 5.41) is 31.2. The highest BCUT2D eigenvalue weighted by Gasteiger charge is 2.51. The number of fused-ring (bicyclic) bond motifs is 3. The first-order chi connectivity index (χ1) is 60.6. The molecule has 4 aromatic carbocycles. The van der Waals surface area contributed by atoms with E-state index in [4.69, 9.17) is 66.8 Å². The SMILES string of the molecule is C=C1[C@H](CO)[C@@H](O[Si](C)(C)C(C)(C)C)C[C@@H]1n1cnc2c(=O)[nH]c(N)nc21.C=C1[C@H](CO[P@]2(=O)OCC[C@H](c3ccc(F)cc3F)O2)[C@@H](O)C[C@@H]1n1cnc2c(=O)[nH]c(N)nc21.C=C1[C@H](CO[P@]2(=O)OCC[C@H](c3ccc(F)cc3F)O2)[C@@H](O[Si](C)(C)C(C)(C)C)C[C@@H]1n1cnc2c(=O)[nH]c(N)nc21.O=[N+]([O-])c1ccc(OP2(=O)OCC[C@H](c3ccc(F)cc3F)O2)cc1. The van der Waals surface area contributed by atoms with Gasteiger partial charge in [0, 0.05) is 84.0 Å². The molecule has 6 fully saturated rings. The van der Waals surface area contributed by atoms with E-state index >= 15 is 0 Å². The number of phosphoric acid groups is 3. The minimum atomic E-state index is -4.13. The topological polar surface area (TPSA) is 505 Å². The lowest BCUT2D eigenvalue weighted by atomic mass is 10.0. The number of rotatable bonds is 20. The summed E-state index contributed by atoms with van der Waals surface area (Å²) in [7, 11) is -16.6. The van der Waals surface area contributed by atoms with E-state index < -0.39 is 133 Å². The number of nitro groups is 1. The molecule has 15 atom stereocenters. The Morgan fingerprint density at radius 2 is 0.860 bits per heavy atom. The molecule has 3 aliphatic heterocycles. The van der Waals surface area contributed by atoms with E-state index in [1.165, 1.54) is 55.1 Å². The second kappa shape index (κ2) is 38.0. The number of halogens is 6. The van der Waals surface area contributed by atoms with Crippen molar-refractivity contribution < 1.29 is 105 Å². The van der Waals surface area contributed by atoms with Gasteiger partial charge in [-0.3, -0.25) is 75.6 Å². The fourth-order valence-corrected chi connectivity index (χ4v) is 22.2. The minimum Gasteiger partial charge on any atom is -0.413 e. The number of nitro benzene ring substituents is 1. The molecule has 0 amide bonds. The quantitative estimate of drug-likeness (QED) is 0.00877. The third kappa shape index (κ3) is 21.3. The lowest BCUT2D eigenvalue weighted by molar-refractivity contribution is -0.384. The fraction of sp³-hybridized carbons (Fsp3) is 0.444. The molecule has 11 N–H and O–H groups in total. The van der Waals surface area contributed by atoms with Crippen molar-refractivity contribution in [1.29, 1.82) is 0 Å². The number of nitrogens with zero attached hydrogens (tertiary/aromatic N) is 10. The van der Waals surface area contributed by atoms with Crippen molar-refractivity contribution in [1.82, 2.24) is 58.6 Å². The number of nitrogens with one attached hydrogen (secondary N) is 3. The minimum absolute atomic E-state index is 0.000436. The average molecular weight is 1900 g/mol. The van der Waals surface area contributed by atoms with Gasteiger partial charge in [-0.25, -0.2) is 55.0 Å². The molecule has 37 nitrogen and oxygen atoms in total. The van der Waals surface area contributed by atoms with Crippen LogP contribution in [0.2, 0.25) is 36.3 Å². The zero-order valence-electron chi connectivity index (χ0n) is 71.7. The molecular formula is C81H99F6N16O21P3Si2. The lowest BCUT2D eigenvalue weighted by Gasteiger charge is -2.40. The Hall–Kier alpha value is -10.0. The van der Waals surface area contributed by atoms with Crippen LogP contribution in [0.5, 0.6) is 5.75 Å². The Bertz CT molecular complexity index is 6270. The van der Waals surface area contributed by atoms with Crippen molar-refractivity contribution in [3.8, 4) is 5.75 Å². The highest BCUT2D eigenvalue weighted by molar-refractivity contribution is 7.49. The van der Waals surface area contributed by atoms with Crippen LogP contribution in [-0.4, -0.2) is 148 Å². The summed E-state index contributed by atoms with van der Waals surface area (Å²) in [5.74, 6) is -5.95. The third-order valence-electron chi connectivity index (χ3n) is 24.2. The Morgan fingerprint density at radius 1 is 0.527 bits per heavy atom. The maximum atomic E-state index is 14.5. The summed E-state index contributed by atoms with van der Waals surface area (Å²) in [6.45, 7) is 33.8. The molecule has 0 bridgehead atoms. The molecule has 9 heterocycles. The Kier molecular flexibility index (Phi) is 28.5. The van der Waals surface area contributed by atoms with Crippen LogP contribution in [-0.2, 0) is 58.7 Å². The van der Waals surface area contributed by atoms with E-state index in [-0.39, 0.29) is 179 Å². The number of H-pyrrole nitrogens is 3. The molecule has 3 saturated carbocycles. The van der Waals surface area contributed by atoms with Crippen LogP contribution in [0.1, 0.15) is 133 Å². The average Bonchev–Trinajstić information content (AvgIpc) is 1.62. The van der Waals surface area contributed by atoms with Crippen molar-refractivity contribution >= 4 is 97.1 Å². The molecule has 3 aliphatic carbocycles. The van der Waals surface area contributed by atoms with Crippen molar-refractivity contribution in [3.05, 3.63) is 227 Å². The molecule has 0 spiro atoms. The van der Waals surface area contributed by atoms with Crippen LogP contribution >= 0.6 is 23.5 Å². The van der Waals surface area contributed by atoms with Crippen molar-refractivity contribution in [3.63, 3.8) is 0 Å². The number of aromatic amines is 3. The number of aliphatic hydroxyl groups excluding tert-OH is 2. The fourth-order valence-electron chi connectivity index (χ4n) is 15.3. The number of imidazole rings is 3. The van der Waals surface area contributed by atoms with Gasteiger partial charge in [-0.05, 0) is 103 Å². The van der Waals surface area contributed by atoms with Gasteiger partial charge >= 0.3 is 23.5 Å². The van der Waals surface area contributed by atoms with Crippen LogP contribution < -0.4 is 38.4 Å². The molecule has 3 saturated heterocycles. The summed E-state index contributed by atoms with van der Waals surface area (Å²) >= 11 is 0. The monoisotopic (exact) mass is 1890 g/mol. The van der Waals surface area contributed by atoms with Crippen molar-refractivity contribution in [2.24, 2.45) is 17.8 Å². The highest BCUT2D eigenvalue weighted by atomic mass is 31.2. The third-order valence-corrected chi connectivity index (χ3v) is 37.6. The second-order valence-electron chi connectivity index (χ2n) is 34.6. The molecule has 0 radical (unpaired) electrons. The van der Waals surface area contributed by atoms with E-state index in [2.05, 4.69) is 132 Å². The zero-order chi connectivity index (χ0) is 93.7. The predicted molar refractivity (Wildman–Crippen MR) is 464 cm³/mol. The standard InChI is InChI=1S/C27H36F2N5O6PSi.C21H22F2N5O6P.C18H29N5O3Si.C15H12F2NO6P/c1-15-18(13-38-41(36)37-10-9-21(39-41)17-8-7-16(28)11-19(17)29)22(40-42(5,6)27(2,3)4)12-20(15)34-14-31-23-24(34)32-26(30)33-25(23)35;1-10-13(16(29)7-15(10)28-9-25-18-19(28)26-21(24)27-20(18)30)8-33-35(31)32-5-4-17(34-35)12-3-2-11(22)6-14(12)23;1-10-11(8-24)13(26-27(5,6)18(2,3)4)7-12(10)23-9-20-14-15(23)21-17(19)22-16(14)25;16-10-1-6-13(14(17)9-10)15-7-8-22-25(21,24-15)23-12-4-2-11(3-5-12)18(19)20/h7-8,11,14,18,20-22H,1,9-10,12-13H2,2-6H3,(H3,30,32,33,35);2-3,6,9,13,15-17,29H,1,4-5,7-8H2,(H3,24,26,27,30);9,11-13,24H,1,7-8H2,2-6H3,(H3,19,21,22,25);1-6,9,15H,7-8H2/t18-,20-,21+,22-,41-;13-,15-,16-,17+,35-;11-,12-,13-;15-,25?/m0001/s1. The molecule has 1 unspecified atom stereocenters. The molecular weight excluding hydrogens is 1800 g/mol. The number of hydrogen-bond acceptors (Lipinski definition) is 30. The second-order valence-corrected chi connectivity index (χ2v) is 48.9. The Labute approximate surface area is 735 Å². The van der Waals surface area contributed by atoms with Crippen LogP contribution in [0, 0.1) is 62.8 Å². The summed E-state index contributed by atoms with van der Waals surface area (Å²) in [5.41, 5.74) is 19.4. The number of non-ortho nitro benzene ring substituents is 1. The van der Waals surface area contributed by atoms with Gasteiger partial charge in [-0.2, -0.15) is 15.0 Å². The molecule has 48 heteroatoms. The maximum absolute atomic E-state index is 14.5. The smallest absolute Gasteiger partial charge is 0.413 e. The first-order valence-corrected chi connectivity index (χ1v) is 51.0. The zero-order valence-corrected chi connectivity index (χ0v) is 76.4. The lowest BCUT2D eigenvalue weighted by Crippen LogP contribution is -2.45. The van der Waals surface area contributed by atoms with E-state index in [1.54, 1.807) is 15.5 Å². The predicted octanol–water partition coefficient (Wildman–Crippen LogP) is 15.3. The van der Waals surface area contributed by atoms with E-state index in [0.29, 0.717) is 41.3 Å². The van der Waals surface area contributed by atoms with Gasteiger partial charge in [0.1, 0.15) is 46.8 Å². The highest BCUT2D eigenvalue weighted by Crippen LogP contribution is 2.61. The van der Waals surface area contributed by atoms with Gasteiger partial charge < -0.3 is 54.5 Å². The molecule has 10 aromatic rings. The number of benzene rings is 4. The Balaban J connectivity index is 0.000000150. The Morgan fingerprint density at radius 3 is 1.22 bits per heavy atom. The summed E-state index contributed by atoms with van der Waals surface area (Å²) < 4.78 is 189. The van der Waals surface area contributed by atoms with E-state index in [1.807, 2.05) is 4.57 Å². The summed E-state index contributed by atoms with van der Waals surface area (Å²) in [6.07, 6.45) is 2.20. The number of nitrogens with two attached hydrogens (primary N) is 3. The number of aliphatic hydroxyl groups is 2. The first kappa shape index (κ1) is 96.5. The van der Waals surface area contributed by atoms with Gasteiger partial charge in [0.15, 0.2) is 50.1 Å². The van der Waals surface area contributed by atoms with Crippen LogP contribution in [0.4, 0.5) is 49.9 Å². The number of aromatic nitrogens is 12. The number of phosphoric ester groups is 3. The first-order valence-electron chi connectivity index (χ1n) is 40.8. The molecule has 6 aliphatic rings. The van der Waals surface area contributed by atoms with Crippen molar-refractivity contribution in [2.45, 2.75) is 171 Å². The van der Waals surface area contributed by atoms with Gasteiger partial charge in [0.05, 0.1) is 112 Å². The van der Waals surface area contributed by atoms with Gasteiger partial charge in [0.25, 0.3) is 22.4 Å². The molecule has 16 rings (SSSR count). The number of nitrogen functional groups attached to an aromatic ring is 3.